The van der Waals surface area contributed by atoms with Crippen molar-refractivity contribution >= 4 is 17.6 Å². The summed E-state index contributed by atoms with van der Waals surface area (Å²) >= 11 is 6.19. The molecule has 0 radical (unpaired) electrons. The minimum atomic E-state index is -0.930. The van der Waals surface area contributed by atoms with Gasteiger partial charge in [-0.05, 0) is 18.9 Å². The van der Waals surface area contributed by atoms with Crippen LogP contribution in [0, 0.1) is 11.8 Å². The summed E-state index contributed by atoms with van der Waals surface area (Å²) in [6.07, 6.45) is 1.12. The van der Waals surface area contributed by atoms with Crippen molar-refractivity contribution in [2.45, 2.75) is 25.4 Å². The topological polar surface area (TPSA) is 76.0 Å². The standard InChI is InChI=1S/C15H19ClO5/c1-20-12-6-10(11(16)7-13(12)21-2)14(17)8-4-3-5-9(8)15(18)19/h6-9,14,17H,3-5H2,1-2H3,(H,18,19). The lowest BCUT2D eigenvalue weighted by Gasteiger charge is -2.24. The molecule has 6 heteroatoms. The number of hydrogen-bond acceptors (Lipinski definition) is 4. The first kappa shape index (κ1) is 15.9. The summed E-state index contributed by atoms with van der Waals surface area (Å²) < 4.78 is 10.4. The second kappa shape index (κ2) is 6.54. The van der Waals surface area contributed by atoms with Crippen LogP contribution >= 0.6 is 11.6 Å². The number of methoxy groups -OCH3 is 2. The van der Waals surface area contributed by atoms with Crippen LogP contribution in [0.15, 0.2) is 12.1 Å². The number of aliphatic hydroxyl groups is 1. The van der Waals surface area contributed by atoms with Crippen LogP contribution in [0.3, 0.4) is 0 Å². The third-order valence-electron chi connectivity index (χ3n) is 4.11. The van der Waals surface area contributed by atoms with Crippen molar-refractivity contribution in [2.24, 2.45) is 11.8 Å². The molecule has 0 spiro atoms. The summed E-state index contributed by atoms with van der Waals surface area (Å²) in [6, 6.07) is 3.19. The van der Waals surface area contributed by atoms with E-state index < -0.39 is 18.0 Å². The predicted octanol–water partition coefficient (Wildman–Crippen LogP) is 2.89. The molecule has 3 unspecified atom stereocenters. The molecular weight excluding hydrogens is 296 g/mol. The fourth-order valence-corrected chi connectivity index (χ4v) is 3.27. The summed E-state index contributed by atoms with van der Waals surface area (Å²) in [5, 5.41) is 20.1. The fourth-order valence-electron chi connectivity index (χ4n) is 3.00. The van der Waals surface area contributed by atoms with Gasteiger partial charge in [0.25, 0.3) is 0 Å². The SMILES string of the molecule is COc1cc(Cl)c(C(O)C2CCCC2C(=O)O)cc1OC. The van der Waals surface area contributed by atoms with Gasteiger partial charge in [-0.25, -0.2) is 0 Å². The van der Waals surface area contributed by atoms with Crippen LogP contribution in [0.4, 0.5) is 0 Å². The second-order valence-corrected chi connectivity index (χ2v) is 5.62. The van der Waals surface area contributed by atoms with E-state index in [0.717, 1.165) is 6.42 Å². The van der Waals surface area contributed by atoms with Gasteiger partial charge in [0.2, 0.25) is 0 Å². The van der Waals surface area contributed by atoms with Crippen LogP contribution in [-0.2, 0) is 4.79 Å². The molecule has 1 aromatic rings. The van der Waals surface area contributed by atoms with E-state index in [9.17, 15) is 15.0 Å². The molecule has 0 aliphatic heterocycles. The Hall–Kier alpha value is -1.46. The van der Waals surface area contributed by atoms with Crippen LogP contribution in [-0.4, -0.2) is 30.4 Å². The van der Waals surface area contributed by atoms with Crippen molar-refractivity contribution in [2.75, 3.05) is 14.2 Å². The van der Waals surface area contributed by atoms with E-state index in [0.29, 0.717) is 34.9 Å². The van der Waals surface area contributed by atoms with Crippen molar-refractivity contribution in [1.29, 1.82) is 0 Å². The van der Waals surface area contributed by atoms with Gasteiger partial charge in [-0.2, -0.15) is 0 Å². The predicted molar refractivity (Wildman–Crippen MR) is 78.0 cm³/mol. The molecule has 1 fully saturated rings. The first-order valence-corrected chi connectivity index (χ1v) is 7.19. The molecule has 1 aliphatic rings. The third-order valence-corrected chi connectivity index (χ3v) is 4.44. The van der Waals surface area contributed by atoms with E-state index in [1.54, 1.807) is 12.1 Å². The largest absolute Gasteiger partial charge is 0.493 e. The molecule has 1 aliphatic carbocycles. The van der Waals surface area contributed by atoms with Crippen LogP contribution in [0.5, 0.6) is 11.5 Å². The van der Waals surface area contributed by atoms with Crippen molar-refractivity contribution in [3.05, 3.63) is 22.7 Å². The number of carboxylic acids is 1. The summed E-state index contributed by atoms with van der Waals surface area (Å²) in [7, 11) is 3.00. The highest BCUT2D eigenvalue weighted by Crippen LogP contribution is 2.44. The Morgan fingerprint density at radius 3 is 2.48 bits per heavy atom. The summed E-state index contributed by atoms with van der Waals surface area (Å²) in [5.41, 5.74) is 0.479. The molecular formula is C15H19ClO5. The van der Waals surface area contributed by atoms with Gasteiger partial charge in [-0.15, -0.1) is 0 Å². The van der Waals surface area contributed by atoms with E-state index in [1.165, 1.54) is 14.2 Å². The highest BCUT2D eigenvalue weighted by molar-refractivity contribution is 6.31. The first-order valence-electron chi connectivity index (χ1n) is 6.81. The first-order chi connectivity index (χ1) is 9.99. The van der Waals surface area contributed by atoms with Gasteiger partial charge in [0.1, 0.15) is 0 Å². The summed E-state index contributed by atoms with van der Waals surface area (Å²) in [5.74, 6) is -0.809. The zero-order valence-electron chi connectivity index (χ0n) is 12.0. The number of rotatable bonds is 5. The second-order valence-electron chi connectivity index (χ2n) is 5.21. The Kier molecular flexibility index (Phi) is 4.96. The minimum absolute atomic E-state index is 0.335. The average molecular weight is 315 g/mol. The Morgan fingerprint density at radius 1 is 1.29 bits per heavy atom. The van der Waals surface area contributed by atoms with Crippen molar-refractivity contribution < 1.29 is 24.5 Å². The van der Waals surface area contributed by atoms with Gasteiger partial charge in [0, 0.05) is 17.5 Å². The van der Waals surface area contributed by atoms with Crippen molar-refractivity contribution in [3.8, 4) is 11.5 Å². The van der Waals surface area contributed by atoms with Gasteiger partial charge in [0.05, 0.1) is 31.3 Å². The molecule has 116 valence electrons. The maximum Gasteiger partial charge on any atom is 0.306 e. The third kappa shape index (κ3) is 3.09. The van der Waals surface area contributed by atoms with Gasteiger partial charge >= 0.3 is 5.97 Å². The van der Waals surface area contributed by atoms with Gasteiger partial charge < -0.3 is 19.7 Å². The quantitative estimate of drug-likeness (QED) is 0.874. The lowest BCUT2D eigenvalue weighted by molar-refractivity contribution is -0.144. The highest BCUT2D eigenvalue weighted by atomic mass is 35.5. The van der Waals surface area contributed by atoms with Crippen molar-refractivity contribution in [1.82, 2.24) is 0 Å². The van der Waals surface area contributed by atoms with E-state index >= 15 is 0 Å². The highest BCUT2D eigenvalue weighted by Gasteiger charge is 2.38. The fraction of sp³-hybridized carbons (Fsp3) is 0.533. The lowest BCUT2D eigenvalue weighted by atomic mass is 9.87. The van der Waals surface area contributed by atoms with Crippen LogP contribution in [0.2, 0.25) is 5.02 Å². The number of benzene rings is 1. The number of halogens is 1. The number of aliphatic carboxylic acids is 1. The minimum Gasteiger partial charge on any atom is -0.493 e. The molecule has 2 rings (SSSR count). The number of carboxylic acid groups (broad SMARTS) is 1. The Morgan fingerprint density at radius 2 is 1.90 bits per heavy atom. The van der Waals surface area contributed by atoms with Crippen LogP contribution in [0.25, 0.3) is 0 Å². The molecule has 3 atom stereocenters. The molecule has 5 nitrogen and oxygen atoms in total. The average Bonchev–Trinajstić information content (AvgIpc) is 2.95. The van der Waals surface area contributed by atoms with Gasteiger partial charge in [-0.1, -0.05) is 18.0 Å². The molecule has 0 amide bonds. The van der Waals surface area contributed by atoms with Gasteiger partial charge in [-0.3, -0.25) is 4.79 Å². The molecule has 0 heterocycles. The molecule has 0 aromatic heterocycles. The molecule has 1 aromatic carbocycles. The summed E-state index contributed by atoms with van der Waals surface area (Å²) in [4.78, 5) is 11.3. The smallest absolute Gasteiger partial charge is 0.306 e. The van der Waals surface area contributed by atoms with E-state index in [4.69, 9.17) is 21.1 Å². The monoisotopic (exact) mass is 314 g/mol. The maximum atomic E-state index is 11.3. The zero-order valence-corrected chi connectivity index (χ0v) is 12.8. The van der Waals surface area contributed by atoms with E-state index in [-0.39, 0.29) is 5.92 Å². The normalized spacial score (nSPS) is 22.9. The van der Waals surface area contributed by atoms with E-state index in [2.05, 4.69) is 0 Å². The molecule has 21 heavy (non-hydrogen) atoms. The lowest BCUT2D eigenvalue weighted by Crippen LogP contribution is -2.24. The molecule has 0 bridgehead atoms. The number of ether oxygens (including phenoxy) is 2. The van der Waals surface area contributed by atoms with Gasteiger partial charge in [0.15, 0.2) is 11.5 Å². The zero-order chi connectivity index (χ0) is 15.6. The Balaban J connectivity index is 2.34. The molecule has 0 saturated heterocycles. The van der Waals surface area contributed by atoms with Crippen LogP contribution < -0.4 is 9.47 Å². The Labute approximate surface area is 128 Å². The van der Waals surface area contributed by atoms with Crippen LogP contribution in [0.1, 0.15) is 30.9 Å². The molecule has 2 N–H and O–H groups in total. The maximum absolute atomic E-state index is 11.3. The molecule has 1 saturated carbocycles. The summed E-state index contributed by atoms with van der Waals surface area (Å²) in [6.45, 7) is 0. The number of carbonyl (C=O) groups is 1. The Bertz CT molecular complexity index is 531. The number of aliphatic hydroxyl groups excluding tert-OH is 1. The number of hydrogen-bond donors (Lipinski definition) is 2. The van der Waals surface area contributed by atoms with Crippen molar-refractivity contribution in [3.63, 3.8) is 0 Å². The van der Waals surface area contributed by atoms with E-state index in [1.807, 2.05) is 0 Å².